The maximum absolute atomic E-state index is 11.8. The van der Waals surface area contributed by atoms with Gasteiger partial charge in [0.15, 0.2) is 0 Å². The summed E-state index contributed by atoms with van der Waals surface area (Å²) in [6.45, 7) is 5.63. The van der Waals surface area contributed by atoms with Crippen molar-refractivity contribution >= 4 is 11.9 Å². The maximum Gasteiger partial charge on any atom is 0.309 e. The molecule has 0 fully saturated rings. The second kappa shape index (κ2) is 29.9. The third-order valence-electron chi connectivity index (χ3n) is 6.72. The van der Waals surface area contributed by atoms with Gasteiger partial charge in [0.25, 0.3) is 0 Å². The highest BCUT2D eigenvalue weighted by Crippen LogP contribution is 2.12. The fraction of sp³-hybridized carbons (Fsp3) is 0.875. The number of ether oxygens (including phenoxy) is 2. The summed E-state index contributed by atoms with van der Waals surface area (Å²) in [5.74, 6) is -0.104. The molecule has 0 amide bonds. The Morgan fingerprint density at radius 3 is 1.42 bits per heavy atom. The third-order valence-corrected chi connectivity index (χ3v) is 6.72. The predicted molar refractivity (Wildman–Crippen MR) is 153 cm³/mol. The Labute approximate surface area is 224 Å². The van der Waals surface area contributed by atoms with Crippen LogP contribution in [0.1, 0.15) is 168 Å². The summed E-state index contributed by atoms with van der Waals surface area (Å²) in [5, 5.41) is 0. The number of rotatable bonds is 28. The second-order valence-corrected chi connectivity index (χ2v) is 10.4. The number of unbranched alkanes of at least 4 members (excludes halogenated alkanes) is 19. The zero-order chi connectivity index (χ0) is 26.4. The Hall–Kier alpha value is -1.32. The SMILES string of the molecule is CCCCCCCCOC(=O)C/C=C/CCCCCCCCCCCC(=O)OCCCCCCCC. The van der Waals surface area contributed by atoms with Crippen LogP contribution in [0.25, 0.3) is 0 Å². The zero-order valence-corrected chi connectivity index (χ0v) is 24.2. The van der Waals surface area contributed by atoms with E-state index in [1.165, 1.54) is 109 Å². The minimum Gasteiger partial charge on any atom is -0.466 e. The van der Waals surface area contributed by atoms with Crippen LogP contribution >= 0.6 is 0 Å². The van der Waals surface area contributed by atoms with Gasteiger partial charge in [0.05, 0.1) is 19.6 Å². The molecule has 0 radical (unpaired) electrons. The van der Waals surface area contributed by atoms with E-state index >= 15 is 0 Å². The number of allylic oxidation sites excluding steroid dienone is 1. The number of carbonyl (C=O) groups is 2. The molecule has 36 heavy (non-hydrogen) atoms. The topological polar surface area (TPSA) is 52.6 Å². The molecule has 0 unspecified atom stereocenters. The van der Waals surface area contributed by atoms with E-state index in [2.05, 4.69) is 19.9 Å². The molecule has 4 nitrogen and oxygen atoms in total. The normalized spacial score (nSPS) is 11.3. The van der Waals surface area contributed by atoms with Crippen LogP contribution in [0.3, 0.4) is 0 Å². The first kappa shape index (κ1) is 34.7. The number of carbonyl (C=O) groups excluding carboxylic acids is 2. The predicted octanol–water partition coefficient (Wildman–Crippen LogP) is 10.0. The van der Waals surface area contributed by atoms with E-state index < -0.39 is 0 Å². The Kier molecular flexibility index (Phi) is 28.8. The highest BCUT2D eigenvalue weighted by molar-refractivity contribution is 5.71. The van der Waals surface area contributed by atoms with Gasteiger partial charge in [0, 0.05) is 6.42 Å². The van der Waals surface area contributed by atoms with E-state index in [0.717, 1.165) is 32.1 Å². The first-order chi connectivity index (χ1) is 17.7. The molecule has 0 aliphatic carbocycles. The lowest BCUT2D eigenvalue weighted by atomic mass is 10.1. The standard InChI is InChI=1S/C32H60O4/c1-3-5-7-9-21-25-29-35-31(33)27-23-19-17-15-13-11-12-14-16-18-20-24-28-32(34)36-30-26-22-10-8-6-4-2/h19,23H,3-18,20-22,24-30H2,1-2H3/b23-19+. The van der Waals surface area contributed by atoms with Gasteiger partial charge < -0.3 is 9.47 Å². The van der Waals surface area contributed by atoms with Crippen LogP contribution in [0.2, 0.25) is 0 Å². The van der Waals surface area contributed by atoms with E-state index in [1.54, 1.807) is 0 Å². The summed E-state index contributed by atoms with van der Waals surface area (Å²) in [5.41, 5.74) is 0. The summed E-state index contributed by atoms with van der Waals surface area (Å²) >= 11 is 0. The van der Waals surface area contributed by atoms with Gasteiger partial charge in [-0.2, -0.15) is 0 Å². The largest absolute Gasteiger partial charge is 0.466 e. The van der Waals surface area contributed by atoms with Crippen LogP contribution in [0.15, 0.2) is 12.2 Å². The summed E-state index contributed by atoms with van der Waals surface area (Å²) in [6.07, 6.45) is 31.7. The van der Waals surface area contributed by atoms with E-state index in [9.17, 15) is 9.59 Å². The summed E-state index contributed by atoms with van der Waals surface area (Å²) < 4.78 is 10.6. The molecule has 0 atom stereocenters. The van der Waals surface area contributed by atoms with Gasteiger partial charge in [0.1, 0.15) is 0 Å². The molecule has 0 aromatic rings. The fourth-order valence-electron chi connectivity index (χ4n) is 4.33. The highest BCUT2D eigenvalue weighted by Gasteiger charge is 2.03. The van der Waals surface area contributed by atoms with Crippen molar-refractivity contribution in [3.63, 3.8) is 0 Å². The first-order valence-electron chi connectivity index (χ1n) is 15.7. The van der Waals surface area contributed by atoms with Crippen molar-refractivity contribution in [3.8, 4) is 0 Å². The first-order valence-corrected chi connectivity index (χ1v) is 15.7. The summed E-state index contributed by atoms with van der Waals surface area (Å²) in [7, 11) is 0. The van der Waals surface area contributed by atoms with Gasteiger partial charge in [0.2, 0.25) is 0 Å². The Bertz CT molecular complexity index is 500. The Morgan fingerprint density at radius 2 is 0.889 bits per heavy atom. The highest BCUT2D eigenvalue weighted by atomic mass is 16.5. The van der Waals surface area contributed by atoms with Crippen molar-refractivity contribution in [1.82, 2.24) is 0 Å². The quantitative estimate of drug-likeness (QED) is 0.0599. The lowest BCUT2D eigenvalue weighted by Crippen LogP contribution is -2.05. The van der Waals surface area contributed by atoms with Crippen molar-refractivity contribution in [2.75, 3.05) is 13.2 Å². The Balaban J connectivity index is 3.27. The molecule has 0 saturated carbocycles. The smallest absolute Gasteiger partial charge is 0.309 e. The minimum atomic E-state index is -0.0927. The van der Waals surface area contributed by atoms with Gasteiger partial charge in [-0.1, -0.05) is 135 Å². The molecule has 4 heteroatoms. The lowest BCUT2D eigenvalue weighted by Gasteiger charge is -2.05. The average molecular weight is 509 g/mol. The van der Waals surface area contributed by atoms with Crippen molar-refractivity contribution < 1.29 is 19.1 Å². The molecule has 0 aliphatic heterocycles. The minimum absolute atomic E-state index is 0.0114. The van der Waals surface area contributed by atoms with E-state index in [4.69, 9.17) is 9.47 Å². The summed E-state index contributed by atoms with van der Waals surface area (Å²) in [6, 6.07) is 0. The molecule has 0 bridgehead atoms. The van der Waals surface area contributed by atoms with Crippen molar-refractivity contribution in [2.45, 2.75) is 168 Å². The van der Waals surface area contributed by atoms with Crippen LogP contribution in [0.4, 0.5) is 0 Å². The van der Waals surface area contributed by atoms with Gasteiger partial charge in [-0.05, 0) is 32.1 Å². The van der Waals surface area contributed by atoms with Crippen molar-refractivity contribution in [2.24, 2.45) is 0 Å². The molecule has 0 saturated heterocycles. The monoisotopic (exact) mass is 508 g/mol. The molecule has 0 N–H and O–H groups in total. The van der Waals surface area contributed by atoms with Gasteiger partial charge >= 0.3 is 11.9 Å². The third kappa shape index (κ3) is 28.9. The molecule has 0 aromatic heterocycles. The molecule has 0 aromatic carbocycles. The van der Waals surface area contributed by atoms with Gasteiger partial charge in [-0.3, -0.25) is 9.59 Å². The van der Waals surface area contributed by atoms with E-state index in [1.807, 2.05) is 6.08 Å². The van der Waals surface area contributed by atoms with Crippen LogP contribution < -0.4 is 0 Å². The Morgan fingerprint density at radius 1 is 0.472 bits per heavy atom. The zero-order valence-electron chi connectivity index (χ0n) is 24.2. The fourth-order valence-corrected chi connectivity index (χ4v) is 4.33. The number of hydrogen-bond acceptors (Lipinski definition) is 4. The van der Waals surface area contributed by atoms with Gasteiger partial charge in [-0.25, -0.2) is 0 Å². The van der Waals surface area contributed by atoms with E-state index in [-0.39, 0.29) is 11.9 Å². The van der Waals surface area contributed by atoms with Crippen LogP contribution in [0.5, 0.6) is 0 Å². The second-order valence-electron chi connectivity index (χ2n) is 10.4. The molecular weight excluding hydrogens is 448 g/mol. The maximum atomic E-state index is 11.8. The van der Waals surface area contributed by atoms with Crippen molar-refractivity contribution in [1.29, 1.82) is 0 Å². The molecule has 0 aliphatic rings. The summed E-state index contributed by atoms with van der Waals surface area (Å²) in [4.78, 5) is 23.5. The number of esters is 2. The van der Waals surface area contributed by atoms with Crippen LogP contribution in [0, 0.1) is 0 Å². The molecular formula is C32H60O4. The number of hydrogen-bond donors (Lipinski definition) is 0. The lowest BCUT2D eigenvalue weighted by molar-refractivity contribution is -0.144. The molecule has 0 rings (SSSR count). The van der Waals surface area contributed by atoms with Crippen molar-refractivity contribution in [3.05, 3.63) is 12.2 Å². The average Bonchev–Trinajstić information content (AvgIpc) is 2.87. The molecule has 212 valence electrons. The van der Waals surface area contributed by atoms with Crippen LogP contribution in [-0.4, -0.2) is 25.2 Å². The molecule has 0 heterocycles. The van der Waals surface area contributed by atoms with E-state index in [0.29, 0.717) is 26.1 Å². The van der Waals surface area contributed by atoms with Gasteiger partial charge in [-0.15, -0.1) is 0 Å². The van der Waals surface area contributed by atoms with Crippen LogP contribution in [-0.2, 0) is 19.1 Å². The molecule has 0 spiro atoms.